The first-order valence-corrected chi connectivity index (χ1v) is 5.59. The fourth-order valence-electron chi connectivity index (χ4n) is 1.04. The second-order valence-corrected chi connectivity index (χ2v) is 3.86. The Labute approximate surface area is 112 Å². The van der Waals surface area contributed by atoms with Crippen LogP contribution in [0.4, 0.5) is 9.18 Å². The molecule has 98 valence electrons. The lowest BCUT2D eigenvalue weighted by atomic mass is 10.2. The van der Waals surface area contributed by atoms with Crippen molar-refractivity contribution < 1.29 is 18.7 Å². The number of rotatable bonds is 2. The molecule has 0 fully saturated rings. The summed E-state index contributed by atoms with van der Waals surface area (Å²) in [5.74, 6) is -1.58. The lowest BCUT2D eigenvalue weighted by Crippen LogP contribution is -2.42. The van der Waals surface area contributed by atoms with Crippen molar-refractivity contribution in [1.29, 1.82) is 0 Å². The molecule has 0 spiro atoms. The molecule has 5 nitrogen and oxygen atoms in total. The number of carbonyl (C=O) groups excluding carboxylic acids is 2. The van der Waals surface area contributed by atoms with E-state index >= 15 is 0 Å². The standard InChI is InChI=1S/C10H9Cl2FN2O3/c1-2-18-10(17)15-14-9(16)5-3-8(13)7(12)4-6(5)11/h3-4H,2H2,1H3,(H,14,16)(H,15,17). The van der Waals surface area contributed by atoms with Crippen LogP contribution in [-0.2, 0) is 4.74 Å². The maximum atomic E-state index is 13.2. The average Bonchev–Trinajstić information content (AvgIpc) is 2.31. The summed E-state index contributed by atoms with van der Waals surface area (Å²) in [7, 11) is 0. The van der Waals surface area contributed by atoms with Gasteiger partial charge in [0.25, 0.3) is 5.91 Å². The predicted octanol–water partition coefficient (Wildman–Crippen LogP) is 2.52. The lowest BCUT2D eigenvalue weighted by molar-refractivity contribution is 0.0912. The molecule has 0 aliphatic rings. The summed E-state index contributed by atoms with van der Waals surface area (Å²) >= 11 is 11.2. The smallest absolute Gasteiger partial charge is 0.426 e. The van der Waals surface area contributed by atoms with Gasteiger partial charge in [0.05, 0.1) is 22.2 Å². The fraction of sp³-hybridized carbons (Fsp3) is 0.200. The number of halogens is 3. The molecule has 0 heterocycles. The first-order chi connectivity index (χ1) is 8.45. The number of amides is 2. The van der Waals surface area contributed by atoms with Crippen molar-refractivity contribution in [3.05, 3.63) is 33.6 Å². The predicted molar refractivity (Wildman–Crippen MR) is 64.0 cm³/mol. The minimum atomic E-state index is -0.837. The fourth-order valence-corrected chi connectivity index (χ4v) is 1.51. The van der Waals surface area contributed by atoms with Crippen LogP contribution in [0.25, 0.3) is 0 Å². The first-order valence-electron chi connectivity index (χ1n) is 4.83. The Balaban J connectivity index is 2.73. The zero-order chi connectivity index (χ0) is 13.7. The van der Waals surface area contributed by atoms with Crippen LogP contribution < -0.4 is 10.9 Å². The van der Waals surface area contributed by atoms with E-state index in [-0.39, 0.29) is 22.2 Å². The number of carbonyl (C=O) groups is 2. The Morgan fingerprint density at radius 2 is 1.94 bits per heavy atom. The summed E-state index contributed by atoms with van der Waals surface area (Å²) in [5.41, 5.74) is 3.82. The maximum Gasteiger partial charge on any atom is 0.426 e. The van der Waals surface area contributed by atoms with Crippen molar-refractivity contribution in [1.82, 2.24) is 10.9 Å². The van der Waals surface area contributed by atoms with Crippen molar-refractivity contribution in [2.24, 2.45) is 0 Å². The minimum absolute atomic E-state index is 0.0374. The number of nitrogens with one attached hydrogen (secondary N) is 2. The average molecular weight is 295 g/mol. The van der Waals surface area contributed by atoms with Crippen LogP contribution in [0.2, 0.25) is 10.0 Å². The molecule has 0 atom stereocenters. The van der Waals surface area contributed by atoms with Gasteiger partial charge in [0.2, 0.25) is 0 Å². The van der Waals surface area contributed by atoms with Crippen molar-refractivity contribution in [2.75, 3.05) is 6.61 Å². The van der Waals surface area contributed by atoms with E-state index in [9.17, 15) is 14.0 Å². The highest BCUT2D eigenvalue weighted by Gasteiger charge is 2.14. The zero-order valence-electron chi connectivity index (χ0n) is 9.22. The molecule has 1 rings (SSSR count). The molecule has 0 saturated carbocycles. The maximum absolute atomic E-state index is 13.2. The Bertz CT molecular complexity index is 482. The van der Waals surface area contributed by atoms with E-state index in [1.54, 1.807) is 6.92 Å². The summed E-state index contributed by atoms with van der Waals surface area (Å²) in [6.07, 6.45) is -0.837. The van der Waals surface area contributed by atoms with E-state index in [4.69, 9.17) is 23.2 Å². The molecule has 18 heavy (non-hydrogen) atoms. The SMILES string of the molecule is CCOC(=O)NNC(=O)c1cc(F)c(Cl)cc1Cl. The third kappa shape index (κ3) is 3.75. The van der Waals surface area contributed by atoms with Gasteiger partial charge >= 0.3 is 6.09 Å². The van der Waals surface area contributed by atoms with Crippen LogP contribution >= 0.6 is 23.2 Å². The Hall–Kier alpha value is -1.53. The lowest BCUT2D eigenvalue weighted by Gasteiger charge is -2.08. The van der Waals surface area contributed by atoms with E-state index in [2.05, 4.69) is 4.74 Å². The number of benzene rings is 1. The first kappa shape index (κ1) is 14.5. The highest BCUT2D eigenvalue weighted by molar-refractivity contribution is 6.36. The van der Waals surface area contributed by atoms with Gasteiger partial charge in [-0.15, -0.1) is 0 Å². The van der Waals surface area contributed by atoms with Gasteiger partial charge in [0.15, 0.2) is 0 Å². The van der Waals surface area contributed by atoms with E-state index in [1.165, 1.54) is 0 Å². The minimum Gasteiger partial charge on any atom is -0.449 e. The molecule has 2 N–H and O–H groups in total. The topological polar surface area (TPSA) is 67.4 Å². The van der Waals surface area contributed by atoms with Gasteiger partial charge < -0.3 is 4.74 Å². The molecule has 0 unspecified atom stereocenters. The monoisotopic (exact) mass is 294 g/mol. The van der Waals surface area contributed by atoms with Crippen molar-refractivity contribution >= 4 is 35.2 Å². The van der Waals surface area contributed by atoms with Gasteiger partial charge in [-0.2, -0.15) is 0 Å². The number of ether oxygens (including phenoxy) is 1. The van der Waals surface area contributed by atoms with Crippen LogP contribution in [0, 0.1) is 5.82 Å². The van der Waals surface area contributed by atoms with Crippen molar-refractivity contribution in [3.8, 4) is 0 Å². The Morgan fingerprint density at radius 3 is 2.56 bits per heavy atom. The highest BCUT2D eigenvalue weighted by Crippen LogP contribution is 2.24. The van der Waals surface area contributed by atoms with Crippen LogP contribution in [0.1, 0.15) is 17.3 Å². The van der Waals surface area contributed by atoms with Gasteiger partial charge in [0.1, 0.15) is 5.82 Å². The molecule has 8 heteroatoms. The quantitative estimate of drug-likeness (QED) is 0.650. The molecule has 1 aromatic carbocycles. The largest absolute Gasteiger partial charge is 0.449 e. The molecule has 0 bridgehead atoms. The van der Waals surface area contributed by atoms with Crippen molar-refractivity contribution in [3.63, 3.8) is 0 Å². The number of hydrazine groups is 1. The molecule has 0 radical (unpaired) electrons. The molecule has 1 aromatic rings. The van der Waals surface area contributed by atoms with Gasteiger partial charge in [0, 0.05) is 0 Å². The second-order valence-electron chi connectivity index (χ2n) is 3.05. The van der Waals surface area contributed by atoms with Gasteiger partial charge in [-0.3, -0.25) is 10.2 Å². The van der Waals surface area contributed by atoms with Gasteiger partial charge in [-0.05, 0) is 19.1 Å². The zero-order valence-corrected chi connectivity index (χ0v) is 10.7. The van der Waals surface area contributed by atoms with Crippen LogP contribution in [0.3, 0.4) is 0 Å². The van der Waals surface area contributed by atoms with Crippen LogP contribution in [-0.4, -0.2) is 18.6 Å². The third-order valence-corrected chi connectivity index (χ3v) is 2.41. The highest BCUT2D eigenvalue weighted by atomic mass is 35.5. The van der Waals surface area contributed by atoms with Crippen molar-refractivity contribution in [2.45, 2.75) is 6.92 Å². The molecule has 0 aliphatic heterocycles. The third-order valence-electron chi connectivity index (χ3n) is 1.81. The second kappa shape index (κ2) is 6.42. The normalized spacial score (nSPS) is 9.78. The Kier molecular flexibility index (Phi) is 5.18. The molecule has 2 amide bonds. The van der Waals surface area contributed by atoms with E-state index in [1.807, 2.05) is 10.9 Å². The van der Waals surface area contributed by atoms with E-state index < -0.39 is 17.8 Å². The van der Waals surface area contributed by atoms with Gasteiger partial charge in [-0.1, -0.05) is 23.2 Å². The molecule has 0 aromatic heterocycles. The summed E-state index contributed by atoms with van der Waals surface area (Å²) in [5, 5.41) is -0.237. The number of hydrogen-bond acceptors (Lipinski definition) is 3. The van der Waals surface area contributed by atoms with Crippen LogP contribution in [0.5, 0.6) is 0 Å². The summed E-state index contributed by atoms with van der Waals surface area (Å²) in [6.45, 7) is 1.75. The summed E-state index contributed by atoms with van der Waals surface area (Å²) in [6, 6.07) is 1.96. The molecule has 0 saturated heterocycles. The molecular weight excluding hydrogens is 286 g/mol. The van der Waals surface area contributed by atoms with Crippen LogP contribution in [0.15, 0.2) is 12.1 Å². The summed E-state index contributed by atoms with van der Waals surface area (Å²) < 4.78 is 17.7. The van der Waals surface area contributed by atoms with E-state index in [0.29, 0.717) is 0 Å². The molecule has 0 aliphatic carbocycles. The van der Waals surface area contributed by atoms with E-state index in [0.717, 1.165) is 12.1 Å². The van der Waals surface area contributed by atoms with Gasteiger partial charge in [-0.25, -0.2) is 14.6 Å². The summed E-state index contributed by atoms with van der Waals surface area (Å²) in [4.78, 5) is 22.5. The molecular formula is C10H9Cl2FN2O3. The number of hydrogen-bond donors (Lipinski definition) is 2. The Morgan fingerprint density at radius 1 is 1.28 bits per heavy atom.